The zero-order valence-corrected chi connectivity index (χ0v) is 27.0. The van der Waals surface area contributed by atoms with E-state index in [2.05, 4.69) is 37.6 Å². The van der Waals surface area contributed by atoms with Gasteiger partial charge in [-0.25, -0.2) is 19.9 Å². The lowest BCUT2D eigenvalue weighted by Gasteiger charge is -2.11. The molecule has 0 saturated heterocycles. The first-order valence-corrected chi connectivity index (χ1v) is 16.0. The summed E-state index contributed by atoms with van der Waals surface area (Å²) < 4.78 is 5.21. The molecule has 12 heteroatoms. The molecule has 0 atom stereocenters. The maximum Gasteiger partial charge on any atom is 0.163 e. The van der Waals surface area contributed by atoms with Gasteiger partial charge in [0.05, 0.1) is 22.9 Å². The molecule has 0 bridgehead atoms. The molecule has 0 aliphatic rings. The second-order valence-electron chi connectivity index (χ2n) is 9.73. The van der Waals surface area contributed by atoms with E-state index in [0.717, 1.165) is 54.1 Å². The van der Waals surface area contributed by atoms with Crippen LogP contribution in [0.25, 0.3) is 43.2 Å². The normalized spacial score (nSPS) is 10.9. The van der Waals surface area contributed by atoms with Crippen molar-refractivity contribution in [3.8, 4) is 28.5 Å². The van der Waals surface area contributed by atoms with Gasteiger partial charge in [0.1, 0.15) is 26.4 Å². The van der Waals surface area contributed by atoms with E-state index in [1.807, 2.05) is 54.8 Å². The number of aromatic nitrogens is 6. The molecule has 220 valence electrons. The number of halogens is 2. The van der Waals surface area contributed by atoms with Gasteiger partial charge in [-0.15, -0.1) is 22.7 Å². The molecular formula is C32H25Cl2N7OS2. The minimum atomic E-state index is 0.514. The summed E-state index contributed by atoms with van der Waals surface area (Å²) in [5.74, 6) is 2.81. The number of fused-ring (bicyclic) bond motifs is 2. The molecule has 0 aliphatic carbocycles. The second-order valence-corrected chi connectivity index (χ2v) is 12.2. The number of benzene rings is 1. The second kappa shape index (κ2) is 13.2. The number of pyridine rings is 2. The molecule has 0 amide bonds. The van der Waals surface area contributed by atoms with E-state index in [1.54, 1.807) is 54.6 Å². The Bertz CT molecular complexity index is 2070. The third kappa shape index (κ3) is 6.34. The number of anilines is 1. The van der Waals surface area contributed by atoms with Gasteiger partial charge in [0, 0.05) is 42.5 Å². The first-order chi connectivity index (χ1) is 21.4. The van der Waals surface area contributed by atoms with Crippen LogP contribution in [-0.2, 0) is 6.54 Å². The molecule has 6 heterocycles. The van der Waals surface area contributed by atoms with Crippen molar-refractivity contribution in [1.29, 1.82) is 0 Å². The number of rotatable bonds is 6. The molecular weight excluding hydrogens is 633 g/mol. The zero-order valence-electron chi connectivity index (χ0n) is 23.9. The molecule has 6 aromatic heterocycles. The lowest BCUT2D eigenvalue weighted by atomic mass is 10.2. The topological polar surface area (TPSA) is 98.6 Å². The van der Waals surface area contributed by atoms with Gasteiger partial charge < -0.3 is 10.1 Å². The fourth-order valence-electron chi connectivity index (χ4n) is 4.51. The maximum absolute atomic E-state index is 6.24. The highest BCUT2D eigenvalue weighted by Crippen LogP contribution is 2.33. The Morgan fingerprint density at radius 2 is 1.30 bits per heavy atom. The highest BCUT2D eigenvalue weighted by molar-refractivity contribution is 7.17. The molecule has 0 radical (unpaired) electrons. The molecule has 7 rings (SSSR count). The fraction of sp³-hybridized carbons (Fsp3) is 0.125. The van der Waals surface area contributed by atoms with Crippen LogP contribution in [0.3, 0.4) is 0 Å². The van der Waals surface area contributed by atoms with E-state index in [0.29, 0.717) is 34.1 Å². The third-order valence-electron chi connectivity index (χ3n) is 6.74. The molecule has 7 aromatic rings. The summed E-state index contributed by atoms with van der Waals surface area (Å²) in [5.41, 5.74) is 5.19. The number of methoxy groups -OCH3 is 1. The fourth-order valence-corrected chi connectivity index (χ4v) is 7.01. The van der Waals surface area contributed by atoms with E-state index >= 15 is 0 Å². The van der Waals surface area contributed by atoms with Gasteiger partial charge in [-0.1, -0.05) is 29.3 Å². The molecule has 0 aliphatic heterocycles. The van der Waals surface area contributed by atoms with Crippen LogP contribution in [-0.4, -0.2) is 37.0 Å². The number of hydrogen-bond acceptors (Lipinski definition) is 10. The largest absolute Gasteiger partial charge is 0.495 e. The quantitative estimate of drug-likeness (QED) is 0.177. The van der Waals surface area contributed by atoms with E-state index in [4.69, 9.17) is 37.9 Å². The Hall–Kier alpha value is -4.22. The van der Waals surface area contributed by atoms with Crippen LogP contribution < -0.4 is 10.1 Å². The standard InChI is InChI=1S/C20H17ClN4OS.C12H8ClN3S/c1-12-11-27-20-17(12)19(24-18(25-20)14-5-7-22-8-6-14)23-10-13-3-4-16(26-2)15(21)9-13;1-7-6-17-12-9(7)10(13)15-11(16-12)8-2-4-14-5-3-8/h3-9,11H,10H2,1-2H3,(H,23,24,25);2-6H,1H3. The lowest BCUT2D eigenvalue weighted by Crippen LogP contribution is -2.04. The predicted octanol–water partition coefficient (Wildman–Crippen LogP) is 9.05. The third-order valence-corrected chi connectivity index (χ3v) is 9.29. The summed E-state index contributed by atoms with van der Waals surface area (Å²) in [5, 5.41) is 10.7. The Morgan fingerprint density at radius 1 is 0.727 bits per heavy atom. The van der Waals surface area contributed by atoms with Gasteiger partial charge in [0.25, 0.3) is 0 Å². The van der Waals surface area contributed by atoms with Gasteiger partial charge in [0.15, 0.2) is 11.6 Å². The van der Waals surface area contributed by atoms with Crippen molar-refractivity contribution >= 4 is 72.1 Å². The summed E-state index contributed by atoms with van der Waals surface area (Å²) in [6.45, 7) is 4.69. The molecule has 0 unspecified atom stereocenters. The van der Waals surface area contributed by atoms with Crippen LogP contribution in [0.4, 0.5) is 5.82 Å². The van der Waals surface area contributed by atoms with Gasteiger partial charge >= 0.3 is 0 Å². The number of aryl methyl sites for hydroxylation is 2. The monoisotopic (exact) mass is 657 g/mol. The van der Waals surface area contributed by atoms with Crippen molar-refractivity contribution in [3.05, 3.63) is 105 Å². The van der Waals surface area contributed by atoms with Crippen LogP contribution in [0.5, 0.6) is 5.75 Å². The first kappa shape index (κ1) is 29.8. The van der Waals surface area contributed by atoms with Crippen LogP contribution in [0.1, 0.15) is 16.7 Å². The summed E-state index contributed by atoms with van der Waals surface area (Å²) >= 11 is 15.6. The average Bonchev–Trinajstić information content (AvgIpc) is 3.63. The summed E-state index contributed by atoms with van der Waals surface area (Å²) in [6, 6.07) is 13.3. The smallest absolute Gasteiger partial charge is 0.163 e. The number of thiophene rings is 2. The molecule has 0 spiro atoms. The van der Waals surface area contributed by atoms with E-state index in [9.17, 15) is 0 Å². The minimum Gasteiger partial charge on any atom is -0.495 e. The van der Waals surface area contributed by atoms with Gasteiger partial charge in [0.2, 0.25) is 0 Å². The van der Waals surface area contributed by atoms with Crippen molar-refractivity contribution in [1.82, 2.24) is 29.9 Å². The predicted molar refractivity (Wildman–Crippen MR) is 181 cm³/mol. The Balaban J connectivity index is 0.000000173. The molecule has 8 nitrogen and oxygen atoms in total. The number of ether oxygens (including phenoxy) is 1. The van der Waals surface area contributed by atoms with Crippen molar-refractivity contribution in [2.75, 3.05) is 12.4 Å². The summed E-state index contributed by atoms with van der Waals surface area (Å²) in [7, 11) is 1.61. The van der Waals surface area contributed by atoms with Gasteiger partial charge in [-0.2, -0.15) is 0 Å². The highest BCUT2D eigenvalue weighted by atomic mass is 35.5. The van der Waals surface area contributed by atoms with Crippen LogP contribution >= 0.6 is 45.9 Å². The Morgan fingerprint density at radius 3 is 1.89 bits per heavy atom. The van der Waals surface area contributed by atoms with Gasteiger partial charge in [-0.3, -0.25) is 9.97 Å². The van der Waals surface area contributed by atoms with Crippen molar-refractivity contribution in [2.24, 2.45) is 0 Å². The van der Waals surface area contributed by atoms with Crippen molar-refractivity contribution in [3.63, 3.8) is 0 Å². The average molecular weight is 659 g/mol. The molecule has 44 heavy (non-hydrogen) atoms. The van der Waals surface area contributed by atoms with Crippen molar-refractivity contribution in [2.45, 2.75) is 20.4 Å². The first-order valence-electron chi connectivity index (χ1n) is 13.5. The molecule has 1 aromatic carbocycles. The summed E-state index contributed by atoms with van der Waals surface area (Å²) in [4.78, 5) is 28.3. The highest BCUT2D eigenvalue weighted by Gasteiger charge is 2.14. The molecule has 0 fully saturated rings. The van der Waals surface area contributed by atoms with E-state index in [-0.39, 0.29) is 0 Å². The number of nitrogens with zero attached hydrogens (tertiary/aromatic N) is 6. The van der Waals surface area contributed by atoms with E-state index < -0.39 is 0 Å². The zero-order chi connectivity index (χ0) is 30.6. The molecule has 0 saturated carbocycles. The van der Waals surface area contributed by atoms with Gasteiger partial charge in [-0.05, 0) is 77.7 Å². The van der Waals surface area contributed by atoms with Crippen LogP contribution in [0.2, 0.25) is 10.2 Å². The lowest BCUT2D eigenvalue weighted by molar-refractivity contribution is 0.415. The Kier molecular flexibility index (Phi) is 8.94. The number of hydrogen-bond donors (Lipinski definition) is 1. The van der Waals surface area contributed by atoms with Crippen LogP contribution in [0.15, 0.2) is 78.0 Å². The molecule has 1 N–H and O–H groups in total. The van der Waals surface area contributed by atoms with Crippen LogP contribution in [0, 0.1) is 13.8 Å². The Labute approximate surface area is 271 Å². The minimum absolute atomic E-state index is 0.514. The SMILES string of the molecule is COc1ccc(CNc2nc(-c3ccncc3)nc3scc(C)c23)cc1Cl.Cc1csc2nc(-c3ccncc3)nc(Cl)c12. The number of nitrogens with one attached hydrogen (secondary N) is 1. The summed E-state index contributed by atoms with van der Waals surface area (Å²) in [6.07, 6.45) is 6.93. The van der Waals surface area contributed by atoms with Crippen molar-refractivity contribution < 1.29 is 4.74 Å². The van der Waals surface area contributed by atoms with E-state index in [1.165, 1.54) is 0 Å². The maximum atomic E-state index is 6.24.